The van der Waals surface area contributed by atoms with Crippen molar-refractivity contribution in [2.75, 3.05) is 13.6 Å². The van der Waals surface area contributed by atoms with Gasteiger partial charge in [0, 0.05) is 12.1 Å². The van der Waals surface area contributed by atoms with E-state index >= 15 is 0 Å². The van der Waals surface area contributed by atoms with Gasteiger partial charge >= 0.3 is 0 Å². The van der Waals surface area contributed by atoms with Crippen molar-refractivity contribution in [2.24, 2.45) is 0 Å². The van der Waals surface area contributed by atoms with Crippen LogP contribution < -0.4 is 5.32 Å². The summed E-state index contributed by atoms with van der Waals surface area (Å²) in [5.74, 6) is -0.353. The predicted molar refractivity (Wildman–Crippen MR) is 50.0 cm³/mol. The lowest BCUT2D eigenvalue weighted by molar-refractivity contribution is 0.173. The van der Waals surface area contributed by atoms with Crippen LogP contribution in [0.2, 0.25) is 0 Å². The highest BCUT2D eigenvalue weighted by Gasteiger charge is 2.11. The predicted octanol–water partition coefficient (Wildman–Crippen LogP) is 1.39. The summed E-state index contributed by atoms with van der Waals surface area (Å²) < 4.78 is 13.2. The van der Waals surface area contributed by atoms with Gasteiger partial charge in [0.1, 0.15) is 5.82 Å². The molecule has 2 N–H and O–H groups in total. The third kappa shape index (κ3) is 2.50. The van der Waals surface area contributed by atoms with Crippen molar-refractivity contribution in [3.8, 4) is 0 Å². The molecule has 1 atom stereocenters. The van der Waals surface area contributed by atoms with E-state index in [1.54, 1.807) is 19.2 Å². The van der Waals surface area contributed by atoms with Crippen molar-refractivity contribution in [3.63, 3.8) is 0 Å². The first-order valence-corrected chi connectivity index (χ1v) is 4.24. The minimum absolute atomic E-state index is 0.353. The van der Waals surface area contributed by atoms with E-state index in [-0.39, 0.29) is 5.82 Å². The molecule has 0 aromatic heterocycles. The molecular formula is C10H14FNO. The van der Waals surface area contributed by atoms with Crippen molar-refractivity contribution in [1.82, 2.24) is 5.32 Å². The molecule has 1 aromatic carbocycles. The van der Waals surface area contributed by atoms with Crippen molar-refractivity contribution in [2.45, 2.75) is 13.0 Å². The van der Waals surface area contributed by atoms with Crippen LogP contribution in [0.5, 0.6) is 0 Å². The number of aryl methyl sites for hydroxylation is 1. The fourth-order valence-corrected chi connectivity index (χ4v) is 1.22. The van der Waals surface area contributed by atoms with E-state index in [2.05, 4.69) is 5.32 Å². The lowest BCUT2D eigenvalue weighted by Crippen LogP contribution is -2.17. The zero-order chi connectivity index (χ0) is 9.84. The summed E-state index contributed by atoms with van der Waals surface area (Å²) >= 11 is 0. The van der Waals surface area contributed by atoms with Crippen LogP contribution in [0.4, 0.5) is 4.39 Å². The van der Waals surface area contributed by atoms with Crippen LogP contribution in [0.25, 0.3) is 0 Å². The van der Waals surface area contributed by atoms with Gasteiger partial charge in [-0.05, 0) is 20.0 Å². The van der Waals surface area contributed by atoms with Crippen LogP contribution in [0.3, 0.4) is 0 Å². The van der Waals surface area contributed by atoms with Gasteiger partial charge in [-0.1, -0.05) is 17.7 Å². The van der Waals surface area contributed by atoms with E-state index < -0.39 is 6.10 Å². The fraction of sp³-hybridized carbons (Fsp3) is 0.400. The Hall–Kier alpha value is -0.930. The maximum absolute atomic E-state index is 13.2. The standard InChI is InChI=1S/C10H14FNO/c1-7-3-4-9(11)8(5-7)10(13)6-12-2/h3-5,10,12-13H,6H2,1-2H3. The largest absolute Gasteiger partial charge is 0.387 e. The zero-order valence-electron chi connectivity index (χ0n) is 7.84. The lowest BCUT2D eigenvalue weighted by Gasteiger charge is -2.11. The minimum atomic E-state index is -0.773. The van der Waals surface area contributed by atoms with Crippen LogP contribution >= 0.6 is 0 Å². The van der Waals surface area contributed by atoms with Gasteiger partial charge in [0.2, 0.25) is 0 Å². The van der Waals surface area contributed by atoms with Crippen LogP contribution in [0, 0.1) is 12.7 Å². The second-order valence-corrected chi connectivity index (χ2v) is 3.10. The molecular weight excluding hydrogens is 169 g/mol. The first-order chi connectivity index (χ1) is 6.15. The first kappa shape index (κ1) is 10.2. The molecule has 1 rings (SSSR count). The highest BCUT2D eigenvalue weighted by atomic mass is 19.1. The Morgan fingerprint density at radius 1 is 1.54 bits per heavy atom. The van der Waals surface area contributed by atoms with Crippen LogP contribution in [-0.4, -0.2) is 18.7 Å². The quantitative estimate of drug-likeness (QED) is 0.742. The number of rotatable bonds is 3. The molecule has 0 fully saturated rings. The third-order valence-electron chi connectivity index (χ3n) is 1.91. The Morgan fingerprint density at radius 3 is 2.85 bits per heavy atom. The second kappa shape index (κ2) is 4.35. The molecule has 2 nitrogen and oxygen atoms in total. The summed E-state index contributed by atoms with van der Waals surface area (Å²) in [5.41, 5.74) is 1.31. The molecule has 0 spiro atoms. The summed E-state index contributed by atoms with van der Waals surface area (Å²) in [7, 11) is 1.72. The molecule has 0 radical (unpaired) electrons. The van der Waals surface area contributed by atoms with Crippen molar-refractivity contribution in [1.29, 1.82) is 0 Å². The number of nitrogens with one attached hydrogen (secondary N) is 1. The van der Waals surface area contributed by atoms with Crippen molar-refractivity contribution < 1.29 is 9.50 Å². The van der Waals surface area contributed by atoms with E-state index in [9.17, 15) is 9.50 Å². The van der Waals surface area contributed by atoms with Gasteiger partial charge in [0.15, 0.2) is 0 Å². The molecule has 0 heterocycles. The normalized spacial score (nSPS) is 12.9. The molecule has 1 unspecified atom stereocenters. The molecule has 0 saturated heterocycles. The first-order valence-electron chi connectivity index (χ1n) is 4.24. The topological polar surface area (TPSA) is 32.3 Å². The number of benzene rings is 1. The van der Waals surface area contributed by atoms with Gasteiger partial charge < -0.3 is 10.4 Å². The summed E-state index contributed by atoms with van der Waals surface area (Å²) in [6.07, 6.45) is -0.773. The Labute approximate surface area is 77.4 Å². The number of hydrogen-bond donors (Lipinski definition) is 2. The molecule has 72 valence electrons. The molecule has 0 amide bonds. The minimum Gasteiger partial charge on any atom is -0.387 e. The van der Waals surface area contributed by atoms with E-state index in [0.29, 0.717) is 12.1 Å². The number of aliphatic hydroxyl groups excluding tert-OH is 1. The van der Waals surface area contributed by atoms with E-state index in [1.165, 1.54) is 6.07 Å². The van der Waals surface area contributed by atoms with Gasteiger partial charge in [0.25, 0.3) is 0 Å². The van der Waals surface area contributed by atoms with Gasteiger partial charge in [-0.2, -0.15) is 0 Å². The average Bonchev–Trinajstić information content (AvgIpc) is 2.09. The van der Waals surface area contributed by atoms with E-state index in [4.69, 9.17) is 0 Å². The van der Waals surface area contributed by atoms with E-state index in [1.807, 2.05) is 6.92 Å². The molecule has 0 saturated carbocycles. The van der Waals surface area contributed by atoms with Gasteiger partial charge in [-0.25, -0.2) is 4.39 Å². The maximum Gasteiger partial charge on any atom is 0.129 e. The fourth-order valence-electron chi connectivity index (χ4n) is 1.22. The van der Waals surface area contributed by atoms with Crippen LogP contribution in [0.15, 0.2) is 18.2 Å². The molecule has 0 aliphatic heterocycles. The Balaban J connectivity index is 2.91. The number of halogens is 1. The summed E-state index contributed by atoms with van der Waals surface area (Å²) in [5, 5.41) is 12.3. The Morgan fingerprint density at radius 2 is 2.23 bits per heavy atom. The SMILES string of the molecule is CNCC(O)c1cc(C)ccc1F. The average molecular weight is 183 g/mol. The third-order valence-corrected chi connectivity index (χ3v) is 1.91. The van der Waals surface area contributed by atoms with Gasteiger partial charge in [-0.3, -0.25) is 0 Å². The second-order valence-electron chi connectivity index (χ2n) is 3.10. The highest BCUT2D eigenvalue weighted by molar-refractivity contribution is 5.26. The number of aliphatic hydroxyl groups is 1. The van der Waals surface area contributed by atoms with Crippen LogP contribution in [-0.2, 0) is 0 Å². The molecule has 1 aromatic rings. The van der Waals surface area contributed by atoms with E-state index in [0.717, 1.165) is 5.56 Å². The molecule has 3 heteroatoms. The molecule has 0 aliphatic carbocycles. The van der Waals surface area contributed by atoms with Crippen molar-refractivity contribution >= 4 is 0 Å². The van der Waals surface area contributed by atoms with Gasteiger partial charge in [-0.15, -0.1) is 0 Å². The summed E-state index contributed by atoms with van der Waals surface area (Å²) in [6.45, 7) is 2.23. The number of likely N-dealkylation sites (N-methyl/N-ethyl adjacent to an activating group) is 1. The lowest BCUT2D eigenvalue weighted by atomic mass is 10.1. The monoisotopic (exact) mass is 183 g/mol. The molecule has 13 heavy (non-hydrogen) atoms. The Bertz CT molecular complexity index is 288. The number of hydrogen-bond acceptors (Lipinski definition) is 2. The van der Waals surface area contributed by atoms with Crippen molar-refractivity contribution in [3.05, 3.63) is 35.1 Å². The Kier molecular flexibility index (Phi) is 3.39. The molecule has 0 bridgehead atoms. The molecule has 0 aliphatic rings. The zero-order valence-corrected chi connectivity index (χ0v) is 7.84. The van der Waals surface area contributed by atoms with Gasteiger partial charge in [0.05, 0.1) is 6.10 Å². The summed E-state index contributed by atoms with van der Waals surface area (Å²) in [6, 6.07) is 4.73. The maximum atomic E-state index is 13.2. The highest BCUT2D eigenvalue weighted by Crippen LogP contribution is 2.17. The van der Waals surface area contributed by atoms with Crippen LogP contribution in [0.1, 0.15) is 17.2 Å². The summed E-state index contributed by atoms with van der Waals surface area (Å²) in [4.78, 5) is 0. The smallest absolute Gasteiger partial charge is 0.129 e.